The molecule has 0 fully saturated rings. The van der Waals surface area contributed by atoms with Crippen molar-refractivity contribution in [3.63, 3.8) is 0 Å². The maximum absolute atomic E-state index is 11.6. The van der Waals surface area contributed by atoms with Gasteiger partial charge in [0, 0.05) is 16.6 Å². The highest BCUT2D eigenvalue weighted by atomic mass is 35.5. The fourth-order valence-corrected chi connectivity index (χ4v) is 2.52. The normalized spacial score (nSPS) is 11.9. The van der Waals surface area contributed by atoms with Gasteiger partial charge in [0.15, 0.2) is 0 Å². The molecule has 1 atom stereocenters. The maximum atomic E-state index is 11.6. The standard InChI is InChI=1S/C12H14ClNO4S/c1-2-5-19(18)7-11(15)14-10-6-8(12(16)17)3-4-9(10)13/h3-4,6H,2,5,7H2,1H3,(H,14,15)(H,16,17). The lowest BCUT2D eigenvalue weighted by Crippen LogP contribution is -2.21. The molecule has 0 spiro atoms. The van der Waals surface area contributed by atoms with E-state index in [1.165, 1.54) is 18.2 Å². The Morgan fingerprint density at radius 1 is 1.42 bits per heavy atom. The van der Waals surface area contributed by atoms with E-state index in [-0.39, 0.29) is 22.0 Å². The molecule has 104 valence electrons. The van der Waals surface area contributed by atoms with Crippen molar-refractivity contribution in [1.82, 2.24) is 0 Å². The topological polar surface area (TPSA) is 83.5 Å². The van der Waals surface area contributed by atoms with E-state index in [0.717, 1.165) is 6.42 Å². The van der Waals surface area contributed by atoms with Gasteiger partial charge in [-0.1, -0.05) is 18.5 Å². The molecule has 19 heavy (non-hydrogen) atoms. The molecule has 0 radical (unpaired) electrons. The Labute approximate surface area is 118 Å². The van der Waals surface area contributed by atoms with Gasteiger partial charge in [-0.2, -0.15) is 0 Å². The molecule has 2 N–H and O–H groups in total. The highest BCUT2D eigenvalue weighted by Crippen LogP contribution is 2.23. The fourth-order valence-electron chi connectivity index (χ4n) is 1.39. The second-order valence-electron chi connectivity index (χ2n) is 3.84. The van der Waals surface area contributed by atoms with Gasteiger partial charge >= 0.3 is 5.97 Å². The Hall–Kier alpha value is -1.40. The molecular weight excluding hydrogens is 290 g/mol. The van der Waals surface area contributed by atoms with Crippen molar-refractivity contribution in [2.45, 2.75) is 13.3 Å². The number of hydrogen-bond acceptors (Lipinski definition) is 3. The predicted molar refractivity (Wildman–Crippen MR) is 75.2 cm³/mol. The molecule has 0 heterocycles. The van der Waals surface area contributed by atoms with Crippen molar-refractivity contribution >= 4 is 40.0 Å². The molecule has 1 aromatic carbocycles. The van der Waals surface area contributed by atoms with Gasteiger partial charge in [0.25, 0.3) is 0 Å². The predicted octanol–water partition coefficient (Wildman–Crippen LogP) is 2.14. The van der Waals surface area contributed by atoms with Gasteiger partial charge in [0.2, 0.25) is 5.91 Å². The van der Waals surface area contributed by atoms with Gasteiger partial charge in [-0.05, 0) is 24.6 Å². The summed E-state index contributed by atoms with van der Waals surface area (Å²) < 4.78 is 11.4. The molecule has 1 amide bonds. The zero-order valence-corrected chi connectivity index (χ0v) is 11.9. The lowest BCUT2D eigenvalue weighted by molar-refractivity contribution is -0.113. The number of carbonyl (C=O) groups is 2. The van der Waals surface area contributed by atoms with Gasteiger partial charge in [0.05, 0.1) is 16.3 Å². The fraction of sp³-hybridized carbons (Fsp3) is 0.333. The number of nitrogens with one attached hydrogen (secondary N) is 1. The number of anilines is 1. The van der Waals surface area contributed by atoms with Crippen LogP contribution in [0.2, 0.25) is 5.02 Å². The van der Waals surface area contributed by atoms with E-state index < -0.39 is 22.7 Å². The average molecular weight is 304 g/mol. The Kier molecular flexibility index (Phi) is 5.98. The van der Waals surface area contributed by atoms with E-state index in [0.29, 0.717) is 5.75 Å². The van der Waals surface area contributed by atoms with Gasteiger partial charge in [-0.3, -0.25) is 9.00 Å². The summed E-state index contributed by atoms with van der Waals surface area (Å²) >= 11 is 5.86. The minimum absolute atomic E-state index is 0.0226. The molecule has 5 nitrogen and oxygen atoms in total. The van der Waals surface area contributed by atoms with E-state index >= 15 is 0 Å². The largest absolute Gasteiger partial charge is 0.478 e. The summed E-state index contributed by atoms with van der Waals surface area (Å²) in [6.07, 6.45) is 0.731. The smallest absolute Gasteiger partial charge is 0.335 e. The number of amides is 1. The maximum Gasteiger partial charge on any atom is 0.335 e. The summed E-state index contributed by atoms with van der Waals surface area (Å²) in [5.74, 6) is -1.23. The van der Waals surface area contributed by atoms with Gasteiger partial charge in [0.1, 0.15) is 5.75 Å². The van der Waals surface area contributed by atoms with Crippen molar-refractivity contribution in [1.29, 1.82) is 0 Å². The lowest BCUT2D eigenvalue weighted by Gasteiger charge is -2.08. The van der Waals surface area contributed by atoms with Crippen LogP contribution in [-0.4, -0.2) is 32.7 Å². The first kappa shape index (κ1) is 15.7. The summed E-state index contributed by atoms with van der Waals surface area (Å²) in [7, 11) is -1.22. The van der Waals surface area contributed by atoms with Crippen LogP contribution in [0.4, 0.5) is 5.69 Å². The van der Waals surface area contributed by atoms with Crippen LogP contribution in [0.3, 0.4) is 0 Å². The van der Waals surface area contributed by atoms with E-state index in [4.69, 9.17) is 16.7 Å². The molecule has 0 aliphatic rings. The van der Waals surface area contributed by atoms with Crippen LogP contribution in [-0.2, 0) is 15.6 Å². The second kappa shape index (κ2) is 7.25. The summed E-state index contributed by atoms with van der Waals surface area (Å²) in [6, 6.07) is 4.00. The molecule has 0 aliphatic heterocycles. The minimum atomic E-state index is -1.22. The Bertz CT molecular complexity index is 518. The molecule has 0 aromatic heterocycles. The van der Waals surface area contributed by atoms with Gasteiger partial charge < -0.3 is 10.4 Å². The average Bonchev–Trinajstić information content (AvgIpc) is 2.31. The number of halogens is 1. The number of hydrogen-bond donors (Lipinski definition) is 2. The summed E-state index contributed by atoms with van der Waals surface area (Å²) in [5, 5.41) is 11.5. The minimum Gasteiger partial charge on any atom is -0.478 e. The Morgan fingerprint density at radius 2 is 2.11 bits per heavy atom. The molecule has 1 unspecified atom stereocenters. The molecule has 0 aliphatic carbocycles. The molecule has 0 saturated carbocycles. The second-order valence-corrected chi connectivity index (χ2v) is 5.82. The van der Waals surface area contributed by atoms with Crippen LogP contribution in [0.25, 0.3) is 0 Å². The van der Waals surface area contributed by atoms with E-state index in [9.17, 15) is 13.8 Å². The molecule has 1 rings (SSSR count). The van der Waals surface area contributed by atoms with Crippen LogP contribution in [0.5, 0.6) is 0 Å². The van der Waals surface area contributed by atoms with Crippen LogP contribution in [0.15, 0.2) is 18.2 Å². The number of carboxylic acids is 1. The third-order valence-corrected chi connectivity index (χ3v) is 3.99. The van der Waals surface area contributed by atoms with Gasteiger partial charge in [-0.25, -0.2) is 4.79 Å². The van der Waals surface area contributed by atoms with Crippen LogP contribution in [0, 0.1) is 0 Å². The van der Waals surface area contributed by atoms with E-state index in [2.05, 4.69) is 5.32 Å². The van der Waals surface area contributed by atoms with E-state index in [1.807, 2.05) is 6.92 Å². The zero-order chi connectivity index (χ0) is 14.4. The van der Waals surface area contributed by atoms with Crippen LogP contribution in [0.1, 0.15) is 23.7 Å². The third kappa shape index (κ3) is 5.00. The van der Waals surface area contributed by atoms with Crippen molar-refractivity contribution in [3.05, 3.63) is 28.8 Å². The third-order valence-electron chi connectivity index (χ3n) is 2.21. The molecule has 0 bridgehead atoms. The van der Waals surface area contributed by atoms with Crippen molar-refractivity contribution in [3.8, 4) is 0 Å². The highest BCUT2D eigenvalue weighted by molar-refractivity contribution is 7.85. The SMILES string of the molecule is CCCS(=O)CC(=O)Nc1cc(C(=O)O)ccc1Cl. The summed E-state index contributed by atoms with van der Waals surface area (Å²) in [4.78, 5) is 22.4. The Morgan fingerprint density at radius 3 is 2.68 bits per heavy atom. The summed E-state index contributed by atoms with van der Waals surface area (Å²) in [6.45, 7) is 1.88. The Balaban J connectivity index is 2.76. The van der Waals surface area contributed by atoms with Crippen molar-refractivity contribution in [2.75, 3.05) is 16.8 Å². The zero-order valence-electron chi connectivity index (χ0n) is 10.3. The molecule has 7 heteroatoms. The molecule has 0 saturated heterocycles. The number of carboxylic acid groups (broad SMARTS) is 1. The number of carbonyl (C=O) groups excluding carboxylic acids is 1. The first-order valence-electron chi connectivity index (χ1n) is 5.61. The quantitative estimate of drug-likeness (QED) is 0.843. The van der Waals surface area contributed by atoms with Crippen molar-refractivity contribution in [2.24, 2.45) is 0 Å². The summed E-state index contributed by atoms with van der Waals surface area (Å²) in [5.41, 5.74) is 0.231. The monoisotopic (exact) mass is 303 g/mol. The number of aromatic carboxylic acids is 1. The highest BCUT2D eigenvalue weighted by Gasteiger charge is 2.12. The van der Waals surface area contributed by atoms with Crippen molar-refractivity contribution < 1.29 is 18.9 Å². The molecule has 1 aromatic rings. The number of benzene rings is 1. The first-order chi connectivity index (χ1) is 8.93. The van der Waals surface area contributed by atoms with E-state index in [1.54, 1.807) is 0 Å². The van der Waals surface area contributed by atoms with Crippen LogP contribution >= 0.6 is 11.6 Å². The first-order valence-corrected chi connectivity index (χ1v) is 7.48. The number of rotatable bonds is 6. The lowest BCUT2D eigenvalue weighted by atomic mass is 10.2. The van der Waals surface area contributed by atoms with Crippen LogP contribution < -0.4 is 5.32 Å². The molecular formula is C12H14ClNO4S. The van der Waals surface area contributed by atoms with Gasteiger partial charge in [-0.15, -0.1) is 0 Å².